The molecule has 4 fully saturated rings. The second-order valence-corrected chi connectivity index (χ2v) is 25.8. The number of hydrogen-bond donors (Lipinski definition) is 4. The Morgan fingerprint density at radius 1 is 0.812 bits per heavy atom. The zero-order valence-electron chi connectivity index (χ0n) is 48.5. The Morgan fingerprint density at radius 2 is 1.59 bits per heavy atom. The number of nitrogens with one attached hydrogen (secondary N) is 3. The number of benzene rings is 3. The number of rotatable bonds is 23. The van der Waals surface area contributed by atoms with Gasteiger partial charge in [-0.15, -0.1) is 0 Å². The topological polar surface area (TPSA) is 248 Å². The standard InChI is InChI=1S/C64H72N10O10S/c1-41-47(45-19-20-51(69-56(45)58(80)81)72-27-24-43-13-11-15-46(48(43)32-72)57(79)70-59-68-49-16-7-8-17-50(49)85-59)31-66-74(41)40-63-35-61(2)34-62(3,36-63)38-64(37-61,39-63)84-29-28-71(4)60(82)83-33-42-12-10-14-44(30-42)67-53(76)23-25-65-52(75)18-6-5-9-26-73-54(77)21-22-55(73)78/h7-8,10-17,19-22,30-31H,5-6,9,18,23-29,32-40H2,1-4H3,(H,65,75)(H,67,76)(H,80,81)(H,68,70,79). The van der Waals surface area contributed by atoms with Gasteiger partial charge in [-0.05, 0) is 140 Å². The summed E-state index contributed by atoms with van der Waals surface area (Å²) in [5, 5.41) is 24.8. The molecule has 4 saturated carbocycles. The van der Waals surface area contributed by atoms with Gasteiger partial charge in [0.2, 0.25) is 11.8 Å². The first-order valence-corrected chi connectivity index (χ1v) is 30.1. The van der Waals surface area contributed by atoms with Gasteiger partial charge in [-0.2, -0.15) is 5.10 Å². The van der Waals surface area contributed by atoms with E-state index >= 15 is 0 Å². The van der Waals surface area contributed by atoms with Crippen LogP contribution in [0, 0.1) is 23.2 Å². The van der Waals surface area contributed by atoms with Crippen LogP contribution in [-0.4, -0.2) is 122 Å². The normalized spacial score (nSPS) is 22.0. The first-order chi connectivity index (χ1) is 40.8. The zero-order valence-corrected chi connectivity index (χ0v) is 49.4. The van der Waals surface area contributed by atoms with Crippen LogP contribution in [0.15, 0.2) is 97.2 Å². The number of anilines is 3. The lowest BCUT2D eigenvalue weighted by molar-refractivity contribution is -0.248. The van der Waals surface area contributed by atoms with E-state index in [9.17, 15) is 38.7 Å². The lowest BCUT2D eigenvalue weighted by Crippen LogP contribution is -2.64. The predicted octanol–water partition coefficient (Wildman–Crippen LogP) is 9.71. The fourth-order valence-corrected chi connectivity index (χ4v) is 15.8. The lowest BCUT2D eigenvalue weighted by atomic mass is 9.39. The van der Waals surface area contributed by atoms with Crippen molar-refractivity contribution in [1.82, 2.24) is 34.9 Å². The number of amides is 6. The molecule has 4 N–H and O–H groups in total. The zero-order chi connectivity index (χ0) is 59.7. The second kappa shape index (κ2) is 24.0. The van der Waals surface area contributed by atoms with E-state index in [0.29, 0.717) is 104 Å². The molecule has 6 aliphatic rings. The van der Waals surface area contributed by atoms with Gasteiger partial charge in [0.25, 0.3) is 17.7 Å². The van der Waals surface area contributed by atoms with Crippen LogP contribution in [0.2, 0.25) is 0 Å². The molecular formula is C64H72N10O10S. The highest BCUT2D eigenvalue weighted by atomic mass is 32.1. The minimum Gasteiger partial charge on any atom is -0.476 e. The number of nitrogens with zero attached hydrogens (tertiary/aromatic N) is 7. The highest BCUT2D eigenvalue weighted by Crippen LogP contribution is 2.72. The Hall–Kier alpha value is -8.30. The molecule has 21 heteroatoms. The number of carbonyl (C=O) groups is 7. The largest absolute Gasteiger partial charge is 0.476 e. The number of ether oxygens (including phenoxy) is 2. The van der Waals surface area contributed by atoms with Gasteiger partial charge >= 0.3 is 12.1 Å². The van der Waals surface area contributed by atoms with E-state index in [-0.39, 0.29) is 77.5 Å². The van der Waals surface area contributed by atoms with Crippen LogP contribution < -0.4 is 20.9 Å². The maximum absolute atomic E-state index is 13.8. The maximum atomic E-state index is 13.8. The summed E-state index contributed by atoms with van der Waals surface area (Å²) in [4.78, 5) is 103. The smallest absolute Gasteiger partial charge is 0.409 e. The molecule has 0 saturated heterocycles. The third kappa shape index (κ3) is 13.0. The molecule has 6 aromatic rings. The summed E-state index contributed by atoms with van der Waals surface area (Å²) in [6, 6.07) is 24.3. The van der Waals surface area contributed by atoms with Gasteiger partial charge in [-0.1, -0.05) is 68.0 Å². The van der Waals surface area contributed by atoms with E-state index in [0.717, 1.165) is 65.6 Å². The molecule has 6 amide bonds. The minimum absolute atomic E-state index is 0.00634. The SMILES string of the molecule is Cc1c(-c2ccc(N3CCc4cccc(C(=O)Nc5nc6ccccc6s5)c4C3)nc2C(=O)O)cnn1CC12CC3(C)CC(C)(C1)CC(OCCN(C)C(=O)OCc1cccc(NC(=O)CCNC(=O)CCCCCN4C(=O)C=CC4=O)c1)(C3)C2. The molecule has 2 aliphatic heterocycles. The highest BCUT2D eigenvalue weighted by molar-refractivity contribution is 7.22. The summed E-state index contributed by atoms with van der Waals surface area (Å²) in [5.74, 6) is -1.96. The highest BCUT2D eigenvalue weighted by Gasteiger charge is 2.66. The van der Waals surface area contributed by atoms with Gasteiger partial charge in [0.15, 0.2) is 10.8 Å². The number of thiazole rings is 1. The van der Waals surface area contributed by atoms with Crippen molar-refractivity contribution in [3.63, 3.8) is 0 Å². The van der Waals surface area contributed by atoms with Gasteiger partial charge in [0.1, 0.15) is 12.4 Å². The number of carboxylic acids is 1. The Kier molecular flexibility index (Phi) is 16.5. The molecule has 20 nitrogen and oxygen atoms in total. The van der Waals surface area contributed by atoms with E-state index in [1.54, 1.807) is 31.4 Å². The van der Waals surface area contributed by atoms with Crippen LogP contribution in [0.1, 0.15) is 128 Å². The van der Waals surface area contributed by atoms with Gasteiger partial charge in [0, 0.05) is 99.4 Å². The monoisotopic (exact) mass is 1170 g/mol. The third-order valence-electron chi connectivity index (χ3n) is 17.5. The summed E-state index contributed by atoms with van der Waals surface area (Å²) < 4.78 is 15.7. The number of aromatic nitrogens is 4. The molecule has 2 atom stereocenters. The Morgan fingerprint density at radius 3 is 2.36 bits per heavy atom. The Bertz CT molecular complexity index is 3580. The molecule has 4 bridgehead atoms. The van der Waals surface area contributed by atoms with E-state index < -0.39 is 17.7 Å². The Labute approximate surface area is 497 Å². The van der Waals surface area contributed by atoms with Gasteiger partial charge < -0.3 is 35.0 Å². The molecule has 4 aliphatic carbocycles. The number of imide groups is 1. The van der Waals surface area contributed by atoms with Crippen molar-refractivity contribution in [1.29, 1.82) is 0 Å². The molecular weight excluding hydrogens is 1100 g/mol. The first kappa shape index (κ1) is 58.5. The van der Waals surface area contributed by atoms with Gasteiger partial charge in [-0.3, -0.25) is 38.9 Å². The lowest BCUT2D eigenvalue weighted by Gasteiger charge is -2.69. The number of pyridine rings is 1. The molecule has 2 unspecified atom stereocenters. The van der Waals surface area contributed by atoms with Crippen LogP contribution in [0.4, 0.5) is 21.4 Å². The molecule has 0 spiro atoms. The van der Waals surface area contributed by atoms with Crippen LogP contribution >= 0.6 is 11.3 Å². The van der Waals surface area contributed by atoms with Crippen LogP contribution in [0.5, 0.6) is 0 Å². The molecule has 3 aromatic carbocycles. The van der Waals surface area contributed by atoms with Crippen LogP contribution in [0.3, 0.4) is 0 Å². The van der Waals surface area contributed by atoms with Crippen molar-refractivity contribution < 1.29 is 48.1 Å². The van der Waals surface area contributed by atoms with Crippen molar-refractivity contribution in [2.75, 3.05) is 55.4 Å². The number of hydrogen-bond acceptors (Lipinski definition) is 14. The van der Waals surface area contributed by atoms with Crippen LogP contribution in [-0.2, 0) is 54.8 Å². The van der Waals surface area contributed by atoms with Crippen molar-refractivity contribution in [3.8, 4) is 11.1 Å². The predicted molar refractivity (Wildman–Crippen MR) is 321 cm³/mol. The van der Waals surface area contributed by atoms with Gasteiger partial charge in [0.05, 0.1) is 28.6 Å². The van der Waals surface area contributed by atoms with E-state index in [1.807, 2.05) is 77.2 Å². The molecule has 3 aromatic heterocycles. The van der Waals surface area contributed by atoms with E-state index in [2.05, 4.69) is 34.8 Å². The van der Waals surface area contributed by atoms with Crippen molar-refractivity contribution in [3.05, 3.63) is 131 Å². The first-order valence-electron chi connectivity index (χ1n) is 29.3. The van der Waals surface area contributed by atoms with Crippen molar-refractivity contribution in [2.24, 2.45) is 16.2 Å². The van der Waals surface area contributed by atoms with Gasteiger partial charge in [-0.25, -0.2) is 19.6 Å². The number of aromatic carboxylic acids is 1. The number of likely N-dealkylation sites (N-methyl/N-ethyl adjacent to an activating group) is 1. The molecule has 444 valence electrons. The van der Waals surface area contributed by atoms with E-state index in [4.69, 9.17) is 19.6 Å². The summed E-state index contributed by atoms with van der Waals surface area (Å²) >= 11 is 1.42. The number of para-hydroxylation sites is 1. The Balaban J connectivity index is 0.663. The quantitative estimate of drug-likeness (QED) is 0.0345. The maximum Gasteiger partial charge on any atom is 0.409 e. The molecule has 5 heterocycles. The average Bonchev–Trinajstić information content (AvgIpc) is 1.05. The van der Waals surface area contributed by atoms with Crippen molar-refractivity contribution >= 4 is 79.8 Å². The summed E-state index contributed by atoms with van der Waals surface area (Å²) in [6.45, 7) is 9.53. The fourth-order valence-electron chi connectivity index (χ4n) is 14.9. The number of carboxylic acid groups (broad SMARTS) is 1. The third-order valence-corrected chi connectivity index (χ3v) is 18.5. The fraction of sp³-hybridized carbons (Fsp3) is 0.438. The number of fused-ring (bicyclic) bond motifs is 2. The number of unbranched alkanes of at least 4 members (excludes halogenated alkanes) is 2. The number of carbonyl (C=O) groups excluding carboxylic acids is 6. The molecule has 0 radical (unpaired) electrons. The minimum atomic E-state index is -1.14. The summed E-state index contributed by atoms with van der Waals surface area (Å²) in [6.07, 6.45) is 12.5. The van der Waals surface area contributed by atoms with E-state index in [1.165, 1.54) is 33.3 Å². The average molecular weight is 1170 g/mol. The summed E-state index contributed by atoms with van der Waals surface area (Å²) in [7, 11) is 1.69. The van der Waals surface area contributed by atoms with Crippen molar-refractivity contribution in [2.45, 2.75) is 123 Å². The molecule has 85 heavy (non-hydrogen) atoms. The summed E-state index contributed by atoms with van der Waals surface area (Å²) in [5.41, 5.74) is 6.07. The van der Waals surface area contributed by atoms with Crippen LogP contribution in [0.25, 0.3) is 21.3 Å². The second-order valence-electron chi connectivity index (χ2n) is 24.7. The molecule has 12 rings (SSSR count).